The zero-order valence-electron chi connectivity index (χ0n) is 16.8. The Hall–Kier alpha value is -3.04. The number of benzene rings is 3. The number of rotatable bonds is 8. The van der Waals surface area contributed by atoms with Crippen LogP contribution in [0.4, 0.5) is 5.69 Å². The molecule has 7 nitrogen and oxygen atoms in total. The van der Waals surface area contributed by atoms with E-state index in [4.69, 9.17) is 9.47 Å². The van der Waals surface area contributed by atoms with Crippen molar-refractivity contribution in [2.45, 2.75) is 13.5 Å². The highest BCUT2D eigenvalue weighted by atomic mass is 79.9. The molecule has 0 atom stereocenters. The Bertz CT molecular complexity index is 1140. The molecule has 0 N–H and O–H groups in total. The highest BCUT2D eigenvalue weighted by molar-refractivity contribution is 9.11. The van der Waals surface area contributed by atoms with Crippen LogP contribution < -0.4 is 4.74 Å². The summed E-state index contributed by atoms with van der Waals surface area (Å²) in [6.45, 7) is 1.82. The summed E-state index contributed by atoms with van der Waals surface area (Å²) in [4.78, 5) is 34.5. The fraction of sp³-hybridized carbons (Fsp3) is 0.130. The lowest BCUT2D eigenvalue weighted by molar-refractivity contribution is -0.384. The highest BCUT2D eigenvalue weighted by Gasteiger charge is 2.14. The summed E-state index contributed by atoms with van der Waals surface area (Å²) in [7, 11) is 0. The summed E-state index contributed by atoms with van der Waals surface area (Å²) < 4.78 is 12.6. The van der Waals surface area contributed by atoms with Crippen molar-refractivity contribution in [3.05, 3.63) is 102 Å². The average Bonchev–Trinajstić information content (AvgIpc) is 2.77. The molecular formula is C23H17Br2NO6. The molecule has 0 saturated heterocycles. The van der Waals surface area contributed by atoms with E-state index in [1.807, 2.05) is 19.1 Å². The van der Waals surface area contributed by atoms with Crippen molar-refractivity contribution in [3.63, 3.8) is 0 Å². The number of Topliss-reactive ketones (excluding diaryl/α,β-unsaturated/α-hetero) is 1. The molecule has 3 aromatic carbocycles. The summed E-state index contributed by atoms with van der Waals surface area (Å²) in [6.07, 6.45) is 0. The van der Waals surface area contributed by atoms with Gasteiger partial charge in [-0.15, -0.1) is 0 Å². The summed E-state index contributed by atoms with van der Waals surface area (Å²) >= 11 is 6.97. The van der Waals surface area contributed by atoms with Crippen LogP contribution in [-0.2, 0) is 11.3 Å². The normalized spacial score (nSPS) is 10.5. The van der Waals surface area contributed by atoms with Gasteiger partial charge in [0.05, 0.1) is 19.4 Å². The quantitative estimate of drug-likeness (QED) is 0.143. The van der Waals surface area contributed by atoms with Crippen LogP contribution in [0.25, 0.3) is 0 Å². The van der Waals surface area contributed by atoms with E-state index in [1.165, 1.54) is 24.3 Å². The third kappa shape index (κ3) is 6.02. The van der Waals surface area contributed by atoms with E-state index in [0.717, 1.165) is 20.1 Å². The van der Waals surface area contributed by atoms with Gasteiger partial charge in [-0.05, 0) is 86.3 Å². The summed E-state index contributed by atoms with van der Waals surface area (Å²) in [5.74, 6) is -0.409. The molecule has 0 aliphatic heterocycles. The second-order valence-electron chi connectivity index (χ2n) is 6.85. The number of ether oxygens (including phenoxy) is 2. The monoisotopic (exact) mass is 561 g/mol. The summed E-state index contributed by atoms with van der Waals surface area (Å²) in [5.41, 5.74) is 2.34. The van der Waals surface area contributed by atoms with Crippen LogP contribution in [0.1, 0.15) is 31.8 Å². The Balaban J connectivity index is 1.54. The largest absolute Gasteiger partial charge is 0.487 e. The van der Waals surface area contributed by atoms with Gasteiger partial charge in [0.2, 0.25) is 0 Å². The molecule has 32 heavy (non-hydrogen) atoms. The van der Waals surface area contributed by atoms with E-state index in [0.29, 0.717) is 17.9 Å². The predicted octanol–water partition coefficient (Wildman–Crippen LogP) is 6.05. The minimum absolute atomic E-state index is 0.121. The number of nitro benzene ring substituents is 1. The van der Waals surface area contributed by atoms with Crippen LogP contribution in [-0.4, -0.2) is 23.3 Å². The van der Waals surface area contributed by atoms with Crippen LogP contribution in [0.15, 0.2) is 69.6 Å². The third-order valence-electron chi connectivity index (χ3n) is 4.45. The van der Waals surface area contributed by atoms with Gasteiger partial charge in [0, 0.05) is 17.7 Å². The van der Waals surface area contributed by atoms with Gasteiger partial charge >= 0.3 is 5.97 Å². The minimum atomic E-state index is -0.642. The van der Waals surface area contributed by atoms with E-state index in [2.05, 4.69) is 31.9 Å². The van der Waals surface area contributed by atoms with Crippen LogP contribution in [0.3, 0.4) is 0 Å². The number of halogens is 2. The molecule has 0 unspecified atom stereocenters. The van der Waals surface area contributed by atoms with Gasteiger partial charge < -0.3 is 9.47 Å². The molecule has 164 valence electrons. The highest BCUT2D eigenvalue weighted by Crippen LogP contribution is 2.35. The minimum Gasteiger partial charge on any atom is -0.487 e. The van der Waals surface area contributed by atoms with Gasteiger partial charge in [-0.3, -0.25) is 14.9 Å². The van der Waals surface area contributed by atoms with Crippen molar-refractivity contribution in [2.24, 2.45) is 0 Å². The van der Waals surface area contributed by atoms with Gasteiger partial charge in [0.1, 0.15) is 12.4 Å². The summed E-state index contributed by atoms with van der Waals surface area (Å²) in [6, 6.07) is 15.7. The Morgan fingerprint density at radius 2 is 1.50 bits per heavy atom. The molecule has 0 radical (unpaired) electrons. The summed E-state index contributed by atoms with van der Waals surface area (Å²) in [5, 5.41) is 10.7. The maximum Gasteiger partial charge on any atom is 0.338 e. The Kier molecular flexibility index (Phi) is 7.76. The second kappa shape index (κ2) is 10.5. The molecule has 0 bridgehead atoms. The molecule has 3 rings (SSSR count). The molecule has 3 aromatic rings. The van der Waals surface area contributed by atoms with Gasteiger partial charge in [-0.2, -0.15) is 0 Å². The topological polar surface area (TPSA) is 95.7 Å². The number of esters is 1. The van der Waals surface area contributed by atoms with Crippen LogP contribution in [0.2, 0.25) is 0 Å². The number of nitrogens with zero attached hydrogens (tertiary/aromatic N) is 1. The molecular weight excluding hydrogens is 546 g/mol. The van der Waals surface area contributed by atoms with Gasteiger partial charge in [-0.25, -0.2) is 4.79 Å². The van der Waals surface area contributed by atoms with Crippen molar-refractivity contribution < 1.29 is 24.0 Å². The zero-order valence-corrected chi connectivity index (χ0v) is 20.0. The van der Waals surface area contributed by atoms with E-state index in [1.54, 1.807) is 24.3 Å². The van der Waals surface area contributed by atoms with Crippen LogP contribution in [0.5, 0.6) is 5.75 Å². The smallest absolute Gasteiger partial charge is 0.338 e. The first-order chi connectivity index (χ1) is 15.2. The number of carbonyl (C=O) groups excluding carboxylic acids is 2. The number of ketones is 1. The lowest BCUT2D eigenvalue weighted by atomic mass is 10.1. The molecule has 0 aliphatic carbocycles. The molecule has 0 spiro atoms. The van der Waals surface area contributed by atoms with Crippen molar-refractivity contribution in [2.75, 3.05) is 6.61 Å². The van der Waals surface area contributed by atoms with Crippen molar-refractivity contribution in [1.82, 2.24) is 0 Å². The van der Waals surface area contributed by atoms with E-state index in [9.17, 15) is 19.7 Å². The molecule has 0 amide bonds. The Morgan fingerprint density at radius 1 is 0.938 bits per heavy atom. The molecule has 9 heteroatoms. The number of carbonyl (C=O) groups is 2. The standard InChI is InChI=1S/C23H17Br2NO6/c1-14-10-19(24)22(20(25)11-14)31-12-15-2-4-17(5-3-15)23(28)32-13-21(27)16-6-8-18(9-7-16)26(29)30/h2-11H,12-13H2,1H3. The number of non-ortho nitro benzene ring substituents is 1. The fourth-order valence-corrected chi connectivity index (χ4v) is 4.43. The van der Waals surface area contributed by atoms with Crippen molar-refractivity contribution >= 4 is 49.3 Å². The van der Waals surface area contributed by atoms with Gasteiger partial charge in [-0.1, -0.05) is 12.1 Å². The maximum atomic E-state index is 12.2. The maximum absolute atomic E-state index is 12.2. The lowest BCUT2D eigenvalue weighted by Gasteiger charge is -2.11. The number of hydrogen-bond donors (Lipinski definition) is 0. The van der Waals surface area contributed by atoms with E-state index >= 15 is 0 Å². The number of hydrogen-bond acceptors (Lipinski definition) is 6. The molecule has 0 aromatic heterocycles. The first kappa shape index (κ1) is 23.6. The third-order valence-corrected chi connectivity index (χ3v) is 5.63. The first-order valence-electron chi connectivity index (χ1n) is 9.37. The van der Waals surface area contributed by atoms with Crippen LogP contribution >= 0.6 is 31.9 Å². The first-order valence-corrected chi connectivity index (χ1v) is 11.0. The van der Waals surface area contributed by atoms with Crippen molar-refractivity contribution in [3.8, 4) is 5.75 Å². The lowest BCUT2D eigenvalue weighted by Crippen LogP contribution is -2.14. The second-order valence-corrected chi connectivity index (χ2v) is 8.56. The molecule has 0 aliphatic rings. The fourth-order valence-electron chi connectivity index (χ4n) is 2.78. The SMILES string of the molecule is Cc1cc(Br)c(OCc2ccc(C(=O)OCC(=O)c3ccc([N+](=O)[O-])cc3)cc2)c(Br)c1. The van der Waals surface area contributed by atoms with Crippen LogP contribution in [0, 0.1) is 17.0 Å². The molecule has 0 fully saturated rings. The Morgan fingerprint density at radius 3 is 2.06 bits per heavy atom. The van der Waals surface area contributed by atoms with Gasteiger partial charge in [0.25, 0.3) is 5.69 Å². The number of nitro groups is 1. The molecule has 0 saturated carbocycles. The predicted molar refractivity (Wildman–Crippen MR) is 125 cm³/mol. The van der Waals surface area contributed by atoms with E-state index < -0.39 is 23.3 Å². The van der Waals surface area contributed by atoms with Crippen molar-refractivity contribution in [1.29, 1.82) is 0 Å². The Labute approximate surface area is 200 Å². The zero-order chi connectivity index (χ0) is 23.3. The molecule has 0 heterocycles. The average molecular weight is 563 g/mol. The number of aryl methyl sites for hydroxylation is 1. The van der Waals surface area contributed by atoms with Gasteiger partial charge in [0.15, 0.2) is 12.4 Å². The van der Waals surface area contributed by atoms with E-state index in [-0.39, 0.29) is 11.3 Å².